The maximum absolute atomic E-state index is 13.1. The highest BCUT2D eigenvalue weighted by Gasteiger charge is 2.50. The second-order valence-corrected chi connectivity index (χ2v) is 6.60. The molecule has 0 aromatic heterocycles. The third-order valence-electron chi connectivity index (χ3n) is 4.78. The van der Waals surface area contributed by atoms with E-state index in [1.54, 1.807) is 9.80 Å². The molecule has 2 saturated heterocycles. The summed E-state index contributed by atoms with van der Waals surface area (Å²) in [6.45, 7) is 7.97. The van der Waals surface area contributed by atoms with Crippen LogP contribution in [0.15, 0.2) is 0 Å². The van der Waals surface area contributed by atoms with Gasteiger partial charge in [0.1, 0.15) is 5.54 Å². The van der Waals surface area contributed by atoms with Crippen LogP contribution in [0.25, 0.3) is 0 Å². The Labute approximate surface area is 121 Å². The number of hydrogen-bond acceptors (Lipinski definition) is 3. The van der Waals surface area contributed by atoms with Crippen molar-refractivity contribution in [3.8, 4) is 0 Å². The van der Waals surface area contributed by atoms with Crippen molar-refractivity contribution in [1.82, 2.24) is 15.1 Å². The Morgan fingerprint density at radius 3 is 2.60 bits per heavy atom. The van der Waals surface area contributed by atoms with Crippen LogP contribution >= 0.6 is 0 Å². The Balaban J connectivity index is 2.25. The minimum atomic E-state index is -0.741. The number of amides is 2. The standard InChI is InChI=1S/C15H27N3O2/c1-5-7-15(8-6-9-16-15)13(20)18-11-10-17(4)12(19)14(18,2)3/h16H,5-11H2,1-4H3. The van der Waals surface area contributed by atoms with Gasteiger partial charge in [-0.1, -0.05) is 13.3 Å². The van der Waals surface area contributed by atoms with Crippen molar-refractivity contribution < 1.29 is 9.59 Å². The summed E-state index contributed by atoms with van der Waals surface area (Å²) >= 11 is 0. The lowest BCUT2D eigenvalue weighted by atomic mass is 9.87. The topological polar surface area (TPSA) is 52.7 Å². The maximum atomic E-state index is 13.1. The molecule has 20 heavy (non-hydrogen) atoms. The fourth-order valence-electron chi connectivity index (χ4n) is 3.56. The average Bonchev–Trinajstić information content (AvgIpc) is 2.86. The first-order valence-electron chi connectivity index (χ1n) is 7.68. The molecule has 2 aliphatic heterocycles. The van der Waals surface area contributed by atoms with Crippen LogP contribution in [-0.2, 0) is 9.59 Å². The van der Waals surface area contributed by atoms with Crippen LogP contribution in [0.4, 0.5) is 0 Å². The van der Waals surface area contributed by atoms with E-state index in [-0.39, 0.29) is 11.8 Å². The Bertz CT molecular complexity index is 400. The summed E-state index contributed by atoms with van der Waals surface area (Å²) in [6, 6.07) is 0. The summed E-state index contributed by atoms with van der Waals surface area (Å²) in [5.41, 5.74) is -1.18. The van der Waals surface area contributed by atoms with Gasteiger partial charge < -0.3 is 15.1 Å². The molecule has 1 unspecified atom stereocenters. The second kappa shape index (κ2) is 5.35. The van der Waals surface area contributed by atoms with Gasteiger partial charge in [-0.2, -0.15) is 0 Å². The molecule has 0 radical (unpaired) electrons. The Kier molecular flexibility index (Phi) is 4.09. The molecule has 0 bridgehead atoms. The summed E-state index contributed by atoms with van der Waals surface area (Å²) in [7, 11) is 1.81. The molecule has 1 N–H and O–H groups in total. The largest absolute Gasteiger partial charge is 0.342 e. The molecule has 2 amide bonds. The molecule has 0 aromatic carbocycles. The average molecular weight is 281 g/mol. The lowest BCUT2D eigenvalue weighted by Crippen LogP contribution is -2.68. The van der Waals surface area contributed by atoms with Crippen molar-refractivity contribution in [2.75, 3.05) is 26.7 Å². The van der Waals surface area contributed by atoms with Crippen molar-refractivity contribution in [1.29, 1.82) is 0 Å². The van der Waals surface area contributed by atoms with E-state index in [2.05, 4.69) is 12.2 Å². The van der Waals surface area contributed by atoms with Crippen LogP contribution < -0.4 is 5.32 Å². The highest BCUT2D eigenvalue weighted by molar-refractivity contribution is 5.95. The molecular formula is C15H27N3O2. The molecule has 2 heterocycles. The van der Waals surface area contributed by atoms with Gasteiger partial charge in [0, 0.05) is 20.1 Å². The lowest BCUT2D eigenvalue weighted by Gasteiger charge is -2.48. The molecule has 5 nitrogen and oxygen atoms in total. The summed E-state index contributed by atoms with van der Waals surface area (Å²) in [5, 5.41) is 3.42. The summed E-state index contributed by atoms with van der Waals surface area (Å²) in [6.07, 6.45) is 3.74. The molecule has 0 aromatic rings. The molecule has 1 atom stereocenters. The maximum Gasteiger partial charge on any atom is 0.247 e. The molecule has 0 aliphatic carbocycles. The predicted octanol–water partition coefficient (Wildman–Crippen LogP) is 0.988. The molecule has 2 rings (SSSR count). The van der Waals surface area contributed by atoms with Gasteiger partial charge in [-0.15, -0.1) is 0 Å². The number of rotatable bonds is 3. The van der Waals surface area contributed by atoms with Gasteiger partial charge >= 0.3 is 0 Å². The van der Waals surface area contributed by atoms with Crippen LogP contribution in [0.2, 0.25) is 0 Å². The second-order valence-electron chi connectivity index (χ2n) is 6.60. The zero-order chi connectivity index (χ0) is 15.0. The third kappa shape index (κ3) is 2.32. The van der Waals surface area contributed by atoms with E-state index in [1.165, 1.54) is 0 Å². The number of nitrogens with zero attached hydrogens (tertiary/aromatic N) is 2. The van der Waals surface area contributed by atoms with Gasteiger partial charge in [0.25, 0.3) is 0 Å². The summed E-state index contributed by atoms with van der Waals surface area (Å²) < 4.78 is 0. The molecular weight excluding hydrogens is 254 g/mol. The van der Waals surface area contributed by atoms with E-state index < -0.39 is 11.1 Å². The van der Waals surface area contributed by atoms with Crippen LogP contribution in [-0.4, -0.2) is 59.4 Å². The van der Waals surface area contributed by atoms with E-state index in [9.17, 15) is 9.59 Å². The Hall–Kier alpha value is -1.10. The van der Waals surface area contributed by atoms with Crippen molar-refractivity contribution in [2.24, 2.45) is 0 Å². The van der Waals surface area contributed by atoms with Gasteiger partial charge in [0.15, 0.2) is 0 Å². The van der Waals surface area contributed by atoms with Gasteiger partial charge in [-0.05, 0) is 39.7 Å². The minimum Gasteiger partial charge on any atom is -0.342 e. The highest BCUT2D eigenvalue weighted by atomic mass is 16.2. The lowest BCUT2D eigenvalue weighted by molar-refractivity contribution is -0.161. The van der Waals surface area contributed by atoms with E-state index in [4.69, 9.17) is 0 Å². The third-order valence-corrected chi connectivity index (χ3v) is 4.78. The fraction of sp³-hybridized carbons (Fsp3) is 0.867. The number of nitrogens with one attached hydrogen (secondary N) is 1. The molecule has 0 saturated carbocycles. The SMILES string of the molecule is CCCC1(C(=O)N2CCN(C)C(=O)C2(C)C)CCCN1. The first kappa shape index (κ1) is 15.3. The van der Waals surface area contributed by atoms with E-state index >= 15 is 0 Å². The van der Waals surface area contributed by atoms with Gasteiger partial charge in [-0.25, -0.2) is 0 Å². The van der Waals surface area contributed by atoms with E-state index in [0.29, 0.717) is 13.1 Å². The van der Waals surface area contributed by atoms with Gasteiger partial charge in [0.2, 0.25) is 11.8 Å². The Morgan fingerprint density at radius 2 is 2.05 bits per heavy atom. The minimum absolute atomic E-state index is 0.0294. The fourth-order valence-corrected chi connectivity index (χ4v) is 3.56. The van der Waals surface area contributed by atoms with Gasteiger partial charge in [0.05, 0.1) is 5.54 Å². The zero-order valence-electron chi connectivity index (χ0n) is 13.2. The molecule has 5 heteroatoms. The molecule has 114 valence electrons. The zero-order valence-corrected chi connectivity index (χ0v) is 13.2. The van der Waals surface area contributed by atoms with Crippen LogP contribution in [0.1, 0.15) is 46.5 Å². The van der Waals surface area contributed by atoms with Crippen LogP contribution in [0.3, 0.4) is 0 Å². The van der Waals surface area contributed by atoms with Gasteiger partial charge in [-0.3, -0.25) is 9.59 Å². The molecule has 0 spiro atoms. The smallest absolute Gasteiger partial charge is 0.247 e. The van der Waals surface area contributed by atoms with Crippen LogP contribution in [0, 0.1) is 0 Å². The summed E-state index contributed by atoms with van der Waals surface area (Å²) in [4.78, 5) is 28.9. The number of likely N-dealkylation sites (N-methyl/N-ethyl adjacent to an activating group) is 1. The normalized spacial score (nSPS) is 29.9. The number of piperazine rings is 1. The number of carbonyl (C=O) groups excluding carboxylic acids is 2. The highest BCUT2D eigenvalue weighted by Crippen LogP contribution is 2.31. The first-order chi connectivity index (χ1) is 9.35. The quantitative estimate of drug-likeness (QED) is 0.839. The van der Waals surface area contributed by atoms with Crippen molar-refractivity contribution in [3.05, 3.63) is 0 Å². The van der Waals surface area contributed by atoms with Crippen molar-refractivity contribution in [3.63, 3.8) is 0 Å². The van der Waals surface area contributed by atoms with E-state index in [1.807, 2.05) is 20.9 Å². The molecule has 2 aliphatic rings. The van der Waals surface area contributed by atoms with Crippen molar-refractivity contribution >= 4 is 11.8 Å². The Morgan fingerprint density at radius 1 is 1.35 bits per heavy atom. The summed E-state index contributed by atoms with van der Waals surface area (Å²) in [5.74, 6) is 0.144. The van der Waals surface area contributed by atoms with Crippen LogP contribution in [0.5, 0.6) is 0 Å². The monoisotopic (exact) mass is 281 g/mol. The van der Waals surface area contributed by atoms with Crippen molar-refractivity contribution in [2.45, 2.75) is 57.5 Å². The predicted molar refractivity (Wildman–Crippen MR) is 78.3 cm³/mol. The number of hydrogen-bond donors (Lipinski definition) is 1. The molecule has 2 fully saturated rings. The first-order valence-corrected chi connectivity index (χ1v) is 7.68. The number of carbonyl (C=O) groups is 2. The van der Waals surface area contributed by atoms with E-state index in [0.717, 1.165) is 32.2 Å².